The quantitative estimate of drug-likeness (QED) is 0.653. The van der Waals surface area contributed by atoms with E-state index in [2.05, 4.69) is 4.98 Å². The van der Waals surface area contributed by atoms with Crippen molar-refractivity contribution < 1.29 is 27.6 Å². The van der Waals surface area contributed by atoms with Crippen LogP contribution in [0.1, 0.15) is 5.69 Å². The standard InChI is InChI=1S/C10H10F3N3O4/c1-6-2-3-7(9(15-6)16(18)19)20-4-8(17)14-5-10(11,12)13/h2-3H,4-5H2,1H3,(H,14,17). The highest BCUT2D eigenvalue weighted by Crippen LogP contribution is 2.24. The summed E-state index contributed by atoms with van der Waals surface area (Å²) in [7, 11) is 0. The van der Waals surface area contributed by atoms with Crippen LogP contribution in [0.3, 0.4) is 0 Å². The van der Waals surface area contributed by atoms with E-state index < -0.39 is 36.0 Å². The zero-order valence-corrected chi connectivity index (χ0v) is 10.2. The van der Waals surface area contributed by atoms with E-state index in [-0.39, 0.29) is 5.75 Å². The van der Waals surface area contributed by atoms with E-state index in [0.29, 0.717) is 5.69 Å². The molecule has 110 valence electrons. The summed E-state index contributed by atoms with van der Waals surface area (Å²) in [5.74, 6) is -1.94. The van der Waals surface area contributed by atoms with E-state index in [1.54, 1.807) is 5.32 Å². The summed E-state index contributed by atoms with van der Waals surface area (Å²) in [6.07, 6.45) is -4.53. The van der Waals surface area contributed by atoms with Gasteiger partial charge in [-0.05, 0) is 22.0 Å². The van der Waals surface area contributed by atoms with Crippen LogP contribution in [0, 0.1) is 17.0 Å². The Morgan fingerprint density at radius 2 is 2.15 bits per heavy atom. The number of rotatable bonds is 5. The molecule has 1 rings (SSSR count). The molecule has 20 heavy (non-hydrogen) atoms. The van der Waals surface area contributed by atoms with Gasteiger partial charge in [0.05, 0.1) is 0 Å². The fourth-order valence-corrected chi connectivity index (χ4v) is 1.17. The summed E-state index contributed by atoms with van der Waals surface area (Å²) in [5.41, 5.74) is 0.366. The number of nitrogens with zero attached hydrogens (tertiary/aromatic N) is 2. The van der Waals surface area contributed by atoms with E-state index in [0.717, 1.165) is 0 Å². The molecule has 1 heterocycles. The number of aromatic nitrogens is 1. The normalized spacial score (nSPS) is 11.0. The second kappa shape index (κ2) is 6.17. The lowest BCUT2D eigenvalue weighted by atomic mass is 10.3. The number of nitrogens with one attached hydrogen (secondary N) is 1. The number of hydrogen-bond acceptors (Lipinski definition) is 5. The molecular weight excluding hydrogens is 283 g/mol. The van der Waals surface area contributed by atoms with Gasteiger partial charge in [0, 0.05) is 6.92 Å². The Kier molecular flexibility index (Phi) is 4.83. The first-order chi connectivity index (χ1) is 9.19. The number of carbonyl (C=O) groups excluding carboxylic acids is 1. The maximum Gasteiger partial charge on any atom is 0.406 e. The molecule has 0 aliphatic rings. The first-order valence-corrected chi connectivity index (χ1v) is 5.27. The van der Waals surface area contributed by atoms with E-state index in [1.807, 2.05) is 0 Å². The molecule has 0 fully saturated rings. The third kappa shape index (κ3) is 5.08. The minimum Gasteiger partial charge on any atom is -0.476 e. The smallest absolute Gasteiger partial charge is 0.406 e. The predicted octanol–water partition coefficient (Wildman–Crippen LogP) is 1.36. The Bertz CT molecular complexity index is 519. The average molecular weight is 293 g/mol. The highest BCUT2D eigenvalue weighted by Gasteiger charge is 2.28. The molecule has 0 atom stereocenters. The van der Waals surface area contributed by atoms with Gasteiger partial charge in [0.2, 0.25) is 5.75 Å². The van der Waals surface area contributed by atoms with Crippen LogP contribution in [0.5, 0.6) is 5.75 Å². The lowest BCUT2D eigenvalue weighted by Crippen LogP contribution is -2.36. The fraction of sp³-hybridized carbons (Fsp3) is 0.400. The zero-order valence-electron chi connectivity index (χ0n) is 10.2. The van der Waals surface area contributed by atoms with Crippen molar-refractivity contribution in [3.63, 3.8) is 0 Å². The van der Waals surface area contributed by atoms with Gasteiger partial charge >= 0.3 is 12.0 Å². The van der Waals surface area contributed by atoms with Gasteiger partial charge in [-0.2, -0.15) is 13.2 Å². The van der Waals surface area contributed by atoms with Crippen molar-refractivity contribution in [2.45, 2.75) is 13.1 Å². The molecule has 1 aromatic heterocycles. The van der Waals surface area contributed by atoms with Gasteiger partial charge in [-0.3, -0.25) is 4.79 Å². The minimum absolute atomic E-state index is 0.289. The molecule has 0 aliphatic heterocycles. The SMILES string of the molecule is Cc1ccc(OCC(=O)NCC(F)(F)F)c([N+](=O)[O-])n1. The predicted molar refractivity (Wildman–Crippen MR) is 60.2 cm³/mol. The highest BCUT2D eigenvalue weighted by molar-refractivity contribution is 5.77. The minimum atomic E-state index is -4.53. The largest absolute Gasteiger partial charge is 0.476 e. The molecule has 10 heteroatoms. The zero-order chi connectivity index (χ0) is 15.3. The number of ether oxygens (including phenoxy) is 1. The number of alkyl halides is 3. The first kappa shape index (κ1) is 15.7. The summed E-state index contributed by atoms with van der Waals surface area (Å²) >= 11 is 0. The van der Waals surface area contributed by atoms with Crippen LogP contribution >= 0.6 is 0 Å². The third-order valence-electron chi connectivity index (χ3n) is 2.00. The average Bonchev–Trinajstić information content (AvgIpc) is 2.33. The van der Waals surface area contributed by atoms with Gasteiger partial charge in [-0.25, -0.2) is 0 Å². The third-order valence-corrected chi connectivity index (χ3v) is 2.00. The van der Waals surface area contributed by atoms with Crippen molar-refractivity contribution in [2.75, 3.05) is 13.2 Å². The summed E-state index contributed by atoms with van der Waals surface area (Å²) in [5, 5.41) is 12.3. The Balaban J connectivity index is 2.62. The van der Waals surface area contributed by atoms with Gasteiger partial charge in [0.25, 0.3) is 5.91 Å². The summed E-state index contributed by atoms with van der Waals surface area (Å²) in [6, 6.07) is 2.63. The fourth-order valence-electron chi connectivity index (χ4n) is 1.17. The summed E-state index contributed by atoms with van der Waals surface area (Å²) < 4.78 is 40.3. The van der Waals surface area contributed by atoms with Gasteiger partial charge in [0.15, 0.2) is 6.61 Å². The Labute approximate surface area is 110 Å². The molecular formula is C10H10F3N3O4. The molecule has 1 N–H and O–H groups in total. The van der Waals surface area contributed by atoms with E-state index in [9.17, 15) is 28.1 Å². The second-order valence-corrected chi connectivity index (χ2v) is 3.71. The van der Waals surface area contributed by atoms with Gasteiger partial charge in [-0.1, -0.05) is 0 Å². The Hall–Kier alpha value is -2.39. The van der Waals surface area contributed by atoms with Crippen LogP contribution in [-0.2, 0) is 4.79 Å². The summed E-state index contributed by atoms with van der Waals surface area (Å²) in [4.78, 5) is 24.6. The van der Waals surface area contributed by atoms with E-state index in [1.165, 1.54) is 19.1 Å². The molecule has 0 unspecified atom stereocenters. The maximum absolute atomic E-state index is 11.8. The number of pyridine rings is 1. The lowest BCUT2D eigenvalue weighted by molar-refractivity contribution is -0.390. The molecule has 0 bridgehead atoms. The van der Waals surface area contributed by atoms with Crippen molar-refractivity contribution in [1.82, 2.24) is 10.3 Å². The first-order valence-electron chi connectivity index (χ1n) is 5.27. The van der Waals surface area contributed by atoms with Crippen LogP contribution in [0.15, 0.2) is 12.1 Å². The van der Waals surface area contributed by atoms with E-state index in [4.69, 9.17) is 4.74 Å². The second-order valence-electron chi connectivity index (χ2n) is 3.71. The van der Waals surface area contributed by atoms with Crippen LogP contribution in [-0.4, -0.2) is 35.1 Å². The van der Waals surface area contributed by atoms with Crippen molar-refractivity contribution in [1.29, 1.82) is 0 Å². The van der Waals surface area contributed by atoms with E-state index >= 15 is 0 Å². The number of carbonyl (C=O) groups is 1. The molecule has 0 saturated heterocycles. The van der Waals surface area contributed by atoms with Crippen molar-refractivity contribution in [2.24, 2.45) is 0 Å². The number of hydrogen-bond donors (Lipinski definition) is 1. The van der Waals surface area contributed by atoms with Gasteiger partial charge in [-0.15, -0.1) is 0 Å². The molecule has 0 radical (unpaired) electrons. The lowest BCUT2D eigenvalue weighted by Gasteiger charge is -2.09. The molecule has 0 saturated carbocycles. The molecule has 0 aliphatic carbocycles. The number of nitro groups is 1. The molecule has 7 nitrogen and oxygen atoms in total. The maximum atomic E-state index is 11.8. The van der Waals surface area contributed by atoms with Gasteiger partial charge < -0.3 is 20.2 Å². The van der Waals surface area contributed by atoms with Crippen LogP contribution < -0.4 is 10.1 Å². The van der Waals surface area contributed by atoms with Gasteiger partial charge in [0.1, 0.15) is 12.2 Å². The molecule has 1 aromatic rings. The number of aryl methyl sites for hydroxylation is 1. The van der Waals surface area contributed by atoms with Crippen molar-refractivity contribution in [3.8, 4) is 5.75 Å². The highest BCUT2D eigenvalue weighted by atomic mass is 19.4. The molecule has 1 amide bonds. The Morgan fingerprint density at radius 3 is 2.70 bits per heavy atom. The topological polar surface area (TPSA) is 94.4 Å². The Morgan fingerprint density at radius 1 is 1.50 bits per heavy atom. The molecule has 0 spiro atoms. The number of halogens is 3. The monoisotopic (exact) mass is 293 g/mol. The summed E-state index contributed by atoms with van der Waals surface area (Å²) in [6.45, 7) is -0.752. The molecule has 0 aromatic carbocycles. The van der Waals surface area contributed by atoms with Crippen LogP contribution in [0.2, 0.25) is 0 Å². The van der Waals surface area contributed by atoms with Crippen LogP contribution in [0.25, 0.3) is 0 Å². The number of amides is 1. The van der Waals surface area contributed by atoms with Crippen molar-refractivity contribution >= 4 is 11.7 Å². The van der Waals surface area contributed by atoms with Crippen molar-refractivity contribution in [3.05, 3.63) is 27.9 Å². The van der Waals surface area contributed by atoms with Crippen LogP contribution in [0.4, 0.5) is 19.0 Å².